The van der Waals surface area contributed by atoms with Gasteiger partial charge < -0.3 is 5.32 Å². The molecule has 3 nitrogen and oxygen atoms in total. The Morgan fingerprint density at radius 1 is 1.40 bits per heavy atom. The molecule has 2 aromatic rings. The quantitative estimate of drug-likeness (QED) is 0.869. The molecule has 15 heavy (non-hydrogen) atoms. The van der Waals surface area contributed by atoms with Gasteiger partial charge in [0, 0.05) is 11.9 Å². The lowest BCUT2D eigenvalue weighted by atomic mass is 10.3. The first-order chi connectivity index (χ1) is 7.29. The van der Waals surface area contributed by atoms with Crippen LogP contribution in [0.15, 0.2) is 23.7 Å². The molecule has 2 aromatic heterocycles. The van der Waals surface area contributed by atoms with E-state index >= 15 is 0 Å². The predicted octanol–water partition coefficient (Wildman–Crippen LogP) is 2.78. The molecular formula is C10H10FN3S. The molecule has 78 valence electrons. The summed E-state index contributed by atoms with van der Waals surface area (Å²) >= 11 is 1.52. The zero-order valence-corrected chi connectivity index (χ0v) is 9.01. The van der Waals surface area contributed by atoms with Crippen molar-refractivity contribution in [1.82, 2.24) is 9.97 Å². The normalized spacial score (nSPS) is 10.3. The van der Waals surface area contributed by atoms with E-state index in [1.54, 1.807) is 6.07 Å². The fourth-order valence-corrected chi connectivity index (χ4v) is 1.93. The average Bonchev–Trinajstić information content (AvgIpc) is 2.68. The van der Waals surface area contributed by atoms with Crippen LogP contribution >= 0.6 is 11.3 Å². The van der Waals surface area contributed by atoms with E-state index in [0.29, 0.717) is 5.69 Å². The fraction of sp³-hybridized carbons (Fsp3) is 0.200. The molecule has 0 radical (unpaired) electrons. The van der Waals surface area contributed by atoms with Crippen molar-refractivity contribution in [2.24, 2.45) is 0 Å². The van der Waals surface area contributed by atoms with Crippen molar-refractivity contribution in [2.75, 3.05) is 11.9 Å². The summed E-state index contributed by atoms with van der Waals surface area (Å²) < 4.78 is 12.6. The number of pyridine rings is 1. The number of nitrogens with one attached hydrogen (secondary N) is 1. The molecule has 2 rings (SSSR count). The number of aromatic nitrogens is 2. The van der Waals surface area contributed by atoms with Gasteiger partial charge in [0.05, 0.1) is 11.9 Å². The molecule has 5 heteroatoms. The van der Waals surface area contributed by atoms with Crippen LogP contribution in [0.2, 0.25) is 0 Å². The van der Waals surface area contributed by atoms with Gasteiger partial charge in [-0.2, -0.15) is 0 Å². The van der Waals surface area contributed by atoms with Crippen molar-refractivity contribution >= 4 is 16.5 Å². The van der Waals surface area contributed by atoms with Crippen molar-refractivity contribution in [3.63, 3.8) is 0 Å². The van der Waals surface area contributed by atoms with Crippen molar-refractivity contribution in [3.05, 3.63) is 29.5 Å². The zero-order valence-electron chi connectivity index (χ0n) is 8.20. The topological polar surface area (TPSA) is 37.8 Å². The summed E-state index contributed by atoms with van der Waals surface area (Å²) in [6.45, 7) is 2.85. The molecule has 0 atom stereocenters. The molecule has 0 bridgehead atoms. The van der Waals surface area contributed by atoms with Gasteiger partial charge >= 0.3 is 0 Å². The minimum absolute atomic E-state index is 0.333. The summed E-state index contributed by atoms with van der Waals surface area (Å²) in [5.74, 6) is -0.333. The molecule has 0 aliphatic rings. The van der Waals surface area contributed by atoms with E-state index in [-0.39, 0.29) is 5.82 Å². The van der Waals surface area contributed by atoms with Crippen LogP contribution in [0.25, 0.3) is 11.4 Å². The number of rotatable bonds is 3. The molecule has 0 aliphatic heterocycles. The van der Waals surface area contributed by atoms with Crippen molar-refractivity contribution in [2.45, 2.75) is 6.92 Å². The maximum absolute atomic E-state index is 12.6. The molecule has 1 N–H and O–H groups in total. The Labute approximate surface area is 91.0 Å². The van der Waals surface area contributed by atoms with E-state index in [0.717, 1.165) is 17.4 Å². The minimum Gasteiger partial charge on any atom is -0.362 e. The average molecular weight is 223 g/mol. The van der Waals surface area contributed by atoms with Crippen LogP contribution in [0.4, 0.5) is 9.52 Å². The molecule has 0 saturated carbocycles. The number of thiazole rings is 1. The Hall–Kier alpha value is -1.49. The predicted molar refractivity (Wildman–Crippen MR) is 59.5 cm³/mol. The van der Waals surface area contributed by atoms with E-state index in [9.17, 15) is 4.39 Å². The lowest BCUT2D eigenvalue weighted by Gasteiger charge is -1.95. The highest BCUT2D eigenvalue weighted by Gasteiger charge is 2.04. The Morgan fingerprint density at radius 2 is 2.27 bits per heavy atom. The van der Waals surface area contributed by atoms with Gasteiger partial charge in [-0.25, -0.2) is 9.37 Å². The Bertz CT molecular complexity index is 438. The minimum atomic E-state index is -0.333. The first-order valence-corrected chi connectivity index (χ1v) is 5.49. The van der Waals surface area contributed by atoms with Gasteiger partial charge in [-0.15, -0.1) is 11.3 Å². The number of nitrogens with zero attached hydrogens (tertiary/aromatic N) is 2. The van der Waals surface area contributed by atoms with Crippen molar-refractivity contribution in [1.29, 1.82) is 0 Å². The highest BCUT2D eigenvalue weighted by Crippen LogP contribution is 2.22. The van der Waals surface area contributed by atoms with Crippen LogP contribution < -0.4 is 5.32 Å². The number of anilines is 1. The van der Waals surface area contributed by atoms with Crippen molar-refractivity contribution < 1.29 is 4.39 Å². The van der Waals surface area contributed by atoms with Gasteiger partial charge in [0.25, 0.3) is 0 Å². The highest BCUT2D eigenvalue weighted by atomic mass is 32.1. The van der Waals surface area contributed by atoms with Gasteiger partial charge in [0.1, 0.15) is 11.5 Å². The molecular weight excluding hydrogens is 213 g/mol. The summed E-state index contributed by atoms with van der Waals surface area (Å²) in [6.07, 6.45) is 1.20. The molecule has 2 heterocycles. The maximum atomic E-state index is 12.6. The first kappa shape index (κ1) is 10.0. The fourth-order valence-electron chi connectivity index (χ4n) is 1.15. The van der Waals surface area contributed by atoms with E-state index in [1.165, 1.54) is 23.6 Å². The van der Waals surface area contributed by atoms with E-state index in [2.05, 4.69) is 15.3 Å². The Kier molecular flexibility index (Phi) is 2.91. The second-order valence-corrected chi connectivity index (χ2v) is 3.79. The van der Waals surface area contributed by atoms with E-state index in [1.807, 2.05) is 12.3 Å². The summed E-state index contributed by atoms with van der Waals surface area (Å²) in [7, 11) is 0. The third kappa shape index (κ3) is 2.30. The Balaban J connectivity index is 2.25. The molecule has 0 fully saturated rings. The third-order valence-corrected chi connectivity index (χ3v) is 2.62. The van der Waals surface area contributed by atoms with Crippen LogP contribution in [0.5, 0.6) is 0 Å². The standard InChI is InChI=1S/C10H10FN3S/c1-2-12-10-14-9(6-15-10)8-4-3-7(11)5-13-8/h3-6H,2H2,1H3,(H,12,14). The number of hydrogen-bond donors (Lipinski definition) is 1. The van der Waals surface area contributed by atoms with Gasteiger partial charge in [0.2, 0.25) is 0 Å². The van der Waals surface area contributed by atoms with Crippen LogP contribution in [0.1, 0.15) is 6.92 Å². The summed E-state index contributed by atoms with van der Waals surface area (Å²) in [5, 5.41) is 5.88. The second kappa shape index (κ2) is 4.35. The van der Waals surface area contributed by atoms with E-state index in [4.69, 9.17) is 0 Å². The van der Waals surface area contributed by atoms with Crippen molar-refractivity contribution in [3.8, 4) is 11.4 Å². The monoisotopic (exact) mass is 223 g/mol. The molecule has 0 aromatic carbocycles. The molecule has 0 aliphatic carbocycles. The smallest absolute Gasteiger partial charge is 0.183 e. The SMILES string of the molecule is CCNc1nc(-c2ccc(F)cn2)cs1. The maximum Gasteiger partial charge on any atom is 0.183 e. The number of hydrogen-bond acceptors (Lipinski definition) is 4. The van der Waals surface area contributed by atoms with Gasteiger partial charge in [-0.1, -0.05) is 0 Å². The third-order valence-electron chi connectivity index (χ3n) is 1.82. The van der Waals surface area contributed by atoms with Crippen LogP contribution in [-0.4, -0.2) is 16.5 Å². The molecule has 0 unspecified atom stereocenters. The van der Waals surface area contributed by atoms with Gasteiger partial charge in [0.15, 0.2) is 5.13 Å². The van der Waals surface area contributed by atoms with Gasteiger partial charge in [-0.05, 0) is 19.1 Å². The van der Waals surface area contributed by atoms with Crippen LogP contribution in [-0.2, 0) is 0 Å². The molecule has 0 spiro atoms. The first-order valence-electron chi connectivity index (χ1n) is 4.61. The van der Waals surface area contributed by atoms with Gasteiger partial charge in [-0.3, -0.25) is 4.98 Å². The van der Waals surface area contributed by atoms with Crippen LogP contribution in [0, 0.1) is 5.82 Å². The summed E-state index contributed by atoms with van der Waals surface area (Å²) in [6, 6.07) is 3.01. The molecule has 0 amide bonds. The molecule has 0 saturated heterocycles. The summed E-state index contributed by atoms with van der Waals surface area (Å²) in [5.41, 5.74) is 1.47. The van der Waals surface area contributed by atoms with E-state index < -0.39 is 0 Å². The lowest BCUT2D eigenvalue weighted by molar-refractivity contribution is 0.622. The Morgan fingerprint density at radius 3 is 2.93 bits per heavy atom. The zero-order chi connectivity index (χ0) is 10.7. The second-order valence-electron chi connectivity index (χ2n) is 2.93. The lowest BCUT2D eigenvalue weighted by Crippen LogP contribution is -1.95. The number of halogens is 1. The largest absolute Gasteiger partial charge is 0.362 e. The highest BCUT2D eigenvalue weighted by molar-refractivity contribution is 7.14. The summed E-state index contributed by atoms with van der Waals surface area (Å²) in [4.78, 5) is 8.29. The van der Waals surface area contributed by atoms with Crippen LogP contribution in [0.3, 0.4) is 0 Å².